The Balaban J connectivity index is 0.000000188. The number of hydrogen-bond acceptors (Lipinski definition) is 0. The van der Waals surface area contributed by atoms with E-state index in [-0.39, 0.29) is 0 Å². The molecule has 1 heterocycles. The van der Waals surface area contributed by atoms with Gasteiger partial charge in [-0.25, -0.2) is 4.99 Å². The molecule has 0 saturated carbocycles. The largest absolute Gasteiger partial charge is 0.673 e. The molecule has 0 spiro atoms. The molecule has 0 amide bonds. The summed E-state index contributed by atoms with van der Waals surface area (Å²) in [7, 11) is -6.00. The lowest BCUT2D eigenvalue weighted by atomic mass is 10.1. The molecule has 17 heavy (non-hydrogen) atoms. The average molecular weight is 241 g/mol. The van der Waals surface area contributed by atoms with E-state index in [0.29, 0.717) is 0 Å². The molecule has 6 heteroatoms. The number of halogens is 4. The minimum Gasteiger partial charge on any atom is -0.418 e. The molecule has 1 nitrogen and oxygen atoms in total. The van der Waals surface area contributed by atoms with Crippen molar-refractivity contribution in [2.75, 3.05) is 0 Å². The summed E-state index contributed by atoms with van der Waals surface area (Å²) in [6.07, 6.45) is 2.05. The highest BCUT2D eigenvalue weighted by atomic mass is 19.5. The molecule has 1 N–H and O–H groups in total. The number of hydrogen-bond donors (Lipinski definition) is 1. The molecule has 3 rings (SSSR count). The molecular weight excluding hydrogens is 233 g/mol. The van der Waals surface area contributed by atoms with Gasteiger partial charge in [-0.1, -0.05) is 24.3 Å². The second kappa shape index (κ2) is 4.20. The lowest BCUT2D eigenvalue weighted by molar-refractivity contribution is -0.342. The number of benzene rings is 2. The van der Waals surface area contributed by atoms with Crippen LogP contribution in [-0.2, 0) is 0 Å². The first kappa shape index (κ1) is 11.6. The standard InChI is InChI=1S/C11H7N.BF4/c1-3-8-4-2-6-10-11(8)9(5-1)7-12-10;2-1(3,4)5/h1-7H;/q;-1/p+1. The van der Waals surface area contributed by atoms with E-state index in [1.165, 1.54) is 22.0 Å². The number of nitrogens with one attached hydrogen (secondary N) is 1. The van der Waals surface area contributed by atoms with Crippen LogP contribution in [0.3, 0.4) is 0 Å². The number of rotatable bonds is 0. The molecule has 0 saturated heterocycles. The fourth-order valence-electron chi connectivity index (χ4n) is 1.77. The summed E-state index contributed by atoms with van der Waals surface area (Å²) < 4.78 is 39.0. The Morgan fingerprint density at radius 3 is 2.12 bits per heavy atom. The molecule has 2 aromatic carbocycles. The lowest BCUT2D eigenvalue weighted by Crippen LogP contribution is -2.59. The Morgan fingerprint density at radius 1 is 0.882 bits per heavy atom. The minimum absolute atomic E-state index is 1.23. The van der Waals surface area contributed by atoms with Gasteiger partial charge in [0.2, 0.25) is 5.69 Å². The third-order valence-corrected chi connectivity index (χ3v) is 2.32. The van der Waals surface area contributed by atoms with Gasteiger partial charge in [0.1, 0.15) is 0 Å². The fourth-order valence-corrected chi connectivity index (χ4v) is 1.77. The van der Waals surface area contributed by atoms with E-state index in [2.05, 4.69) is 47.6 Å². The summed E-state index contributed by atoms with van der Waals surface area (Å²) in [5, 5.41) is 2.66. The molecule has 0 aromatic heterocycles. The Labute approximate surface area is 94.9 Å². The van der Waals surface area contributed by atoms with Gasteiger partial charge in [0.15, 0.2) is 6.21 Å². The zero-order valence-electron chi connectivity index (χ0n) is 8.63. The van der Waals surface area contributed by atoms with Crippen LogP contribution < -0.4 is 4.99 Å². The Hall–Kier alpha value is -1.85. The van der Waals surface area contributed by atoms with Crippen molar-refractivity contribution in [3.8, 4) is 0 Å². The SMILES string of the molecule is C1=[NH+]c2cccc3cccc1c23.F[B-](F)(F)F. The maximum absolute atomic E-state index is 9.75. The highest BCUT2D eigenvalue weighted by Crippen LogP contribution is 2.24. The second-order valence-electron chi connectivity index (χ2n) is 3.53. The van der Waals surface area contributed by atoms with Crippen molar-refractivity contribution in [1.82, 2.24) is 0 Å². The molecule has 0 fully saturated rings. The van der Waals surface area contributed by atoms with Crippen molar-refractivity contribution in [3.05, 3.63) is 42.0 Å². The van der Waals surface area contributed by atoms with Crippen molar-refractivity contribution in [2.24, 2.45) is 0 Å². The highest BCUT2D eigenvalue weighted by molar-refractivity contribution is 6.50. The summed E-state index contributed by atoms with van der Waals surface area (Å²) in [6, 6.07) is 12.7. The molecule has 1 aliphatic rings. The van der Waals surface area contributed by atoms with Gasteiger partial charge >= 0.3 is 7.25 Å². The zero-order chi connectivity index (χ0) is 12.5. The summed E-state index contributed by atoms with van der Waals surface area (Å²) in [6.45, 7) is 0. The van der Waals surface area contributed by atoms with E-state index in [1.54, 1.807) is 0 Å². The van der Waals surface area contributed by atoms with E-state index >= 15 is 0 Å². The summed E-state index contributed by atoms with van der Waals surface area (Å²) in [5.41, 5.74) is 2.52. The van der Waals surface area contributed by atoms with Crippen LogP contribution in [0.25, 0.3) is 10.8 Å². The topological polar surface area (TPSA) is 14.0 Å². The van der Waals surface area contributed by atoms with Crippen LogP contribution in [0.2, 0.25) is 0 Å². The van der Waals surface area contributed by atoms with Crippen LogP contribution in [-0.4, -0.2) is 13.5 Å². The Morgan fingerprint density at radius 2 is 1.47 bits per heavy atom. The second-order valence-corrected chi connectivity index (χ2v) is 3.53. The van der Waals surface area contributed by atoms with Crippen molar-refractivity contribution in [1.29, 1.82) is 0 Å². The molecule has 0 atom stereocenters. The molecule has 0 unspecified atom stereocenters. The zero-order valence-corrected chi connectivity index (χ0v) is 8.63. The average Bonchev–Trinajstić information content (AvgIpc) is 2.62. The minimum atomic E-state index is -6.00. The van der Waals surface area contributed by atoms with Crippen LogP contribution >= 0.6 is 0 Å². The van der Waals surface area contributed by atoms with Crippen molar-refractivity contribution in [2.45, 2.75) is 0 Å². The van der Waals surface area contributed by atoms with Crippen LogP contribution in [0.4, 0.5) is 23.0 Å². The van der Waals surface area contributed by atoms with Gasteiger partial charge < -0.3 is 17.3 Å². The lowest BCUT2D eigenvalue weighted by Gasteiger charge is -1.94. The molecule has 88 valence electrons. The predicted molar refractivity (Wildman–Crippen MR) is 59.9 cm³/mol. The molecule has 2 aromatic rings. The first-order valence-electron chi connectivity index (χ1n) is 4.94. The Kier molecular flexibility index (Phi) is 2.87. The molecule has 0 radical (unpaired) electrons. The van der Waals surface area contributed by atoms with E-state index < -0.39 is 7.25 Å². The van der Waals surface area contributed by atoms with Gasteiger partial charge in [0, 0.05) is 6.07 Å². The van der Waals surface area contributed by atoms with Gasteiger partial charge in [-0.2, -0.15) is 0 Å². The smallest absolute Gasteiger partial charge is 0.418 e. The fraction of sp³-hybridized carbons (Fsp3) is 0. The quantitative estimate of drug-likeness (QED) is 0.458. The summed E-state index contributed by atoms with van der Waals surface area (Å²) in [5.74, 6) is 0. The first-order valence-corrected chi connectivity index (χ1v) is 4.94. The van der Waals surface area contributed by atoms with Crippen LogP contribution in [0, 0.1) is 0 Å². The van der Waals surface area contributed by atoms with Gasteiger partial charge in [0.05, 0.1) is 10.9 Å². The predicted octanol–water partition coefficient (Wildman–Crippen LogP) is 2.28. The van der Waals surface area contributed by atoms with Gasteiger partial charge in [0.25, 0.3) is 0 Å². The van der Waals surface area contributed by atoms with E-state index in [4.69, 9.17) is 0 Å². The van der Waals surface area contributed by atoms with Gasteiger partial charge in [-0.15, -0.1) is 0 Å². The monoisotopic (exact) mass is 241 g/mol. The highest BCUT2D eigenvalue weighted by Gasteiger charge is 2.20. The van der Waals surface area contributed by atoms with Crippen LogP contribution in [0.1, 0.15) is 5.56 Å². The van der Waals surface area contributed by atoms with E-state index in [9.17, 15) is 17.3 Å². The molecule has 1 aliphatic heterocycles. The van der Waals surface area contributed by atoms with Gasteiger partial charge in [-0.3, -0.25) is 0 Å². The van der Waals surface area contributed by atoms with Crippen molar-refractivity contribution in [3.63, 3.8) is 0 Å². The van der Waals surface area contributed by atoms with Crippen molar-refractivity contribution >= 4 is 29.9 Å². The van der Waals surface area contributed by atoms with Crippen LogP contribution in [0.15, 0.2) is 36.4 Å². The van der Waals surface area contributed by atoms with Crippen molar-refractivity contribution < 1.29 is 22.3 Å². The third-order valence-electron chi connectivity index (χ3n) is 2.32. The molecule has 0 aliphatic carbocycles. The van der Waals surface area contributed by atoms with E-state index in [0.717, 1.165) is 0 Å². The maximum atomic E-state index is 9.75. The van der Waals surface area contributed by atoms with E-state index in [1.807, 2.05) is 0 Å². The van der Waals surface area contributed by atoms with Crippen LogP contribution in [0.5, 0.6) is 0 Å². The Bertz CT molecular complexity index is 530. The first-order chi connectivity index (χ1) is 7.95. The maximum Gasteiger partial charge on any atom is 0.673 e. The summed E-state index contributed by atoms with van der Waals surface area (Å²) >= 11 is 0. The molecular formula is C11H8BF4N. The third kappa shape index (κ3) is 2.84. The summed E-state index contributed by atoms with van der Waals surface area (Å²) in [4.78, 5) is 3.25. The normalized spacial score (nSPS) is 12.5. The van der Waals surface area contributed by atoms with Gasteiger partial charge in [-0.05, 0) is 11.5 Å². The molecule has 0 bridgehead atoms.